The highest BCUT2D eigenvalue weighted by molar-refractivity contribution is 6.33. The van der Waals surface area contributed by atoms with E-state index in [-0.39, 0.29) is 11.9 Å². The summed E-state index contributed by atoms with van der Waals surface area (Å²) in [6.45, 7) is 2.00. The van der Waals surface area contributed by atoms with Crippen molar-refractivity contribution in [3.05, 3.63) is 28.8 Å². The first-order chi connectivity index (χ1) is 9.10. The lowest BCUT2D eigenvalue weighted by molar-refractivity contribution is 0.0917. The molecule has 0 aromatic heterocycles. The second kappa shape index (κ2) is 6.23. The van der Waals surface area contributed by atoms with Gasteiger partial charge in [0.25, 0.3) is 5.91 Å². The van der Waals surface area contributed by atoms with Crippen LogP contribution in [-0.2, 0) is 0 Å². The molecule has 1 aromatic rings. The molecule has 0 radical (unpaired) electrons. The Hall–Kier alpha value is -1.30. The van der Waals surface area contributed by atoms with Gasteiger partial charge in [0.05, 0.1) is 10.7 Å². The van der Waals surface area contributed by atoms with Crippen molar-refractivity contribution in [3.63, 3.8) is 0 Å². The van der Waals surface area contributed by atoms with Crippen molar-refractivity contribution in [2.75, 3.05) is 25.6 Å². The molecule has 1 saturated heterocycles. The van der Waals surface area contributed by atoms with Crippen LogP contribution in [0.2, 0.25) is 5.02 Å². The van der Waals surface area contributed by atoms with Crippen molar-refractivity contribution in [1.82, 2.24) is 10.2 Å². The molecule has 0 saturated carbocycles. The van der Waals surface area contributed by atoms with Crippen molar-refractivity contribution in [3.8, 4) is 0 Å². The number of hydrogen-bond donors (Lipinski definition) is 3. The summed E-state index contributed by atoms with van der Waals surface area (Å²) < 4.78 is 0. The zero-order chi connectivity index (χ0) is 13.8. The number of nitrogens with zero attached hydrogens (tertiary/aromatic N) is 1. The highest BCUT2D eigenvalue weighted by atomic mass is 35.5. The number of hydrogen-bond acceptors (Lipinski definition) is 4. The quantitative estimate of drug-likeness (QED) is 0.742. The summed E-state index contributed by atoms with van der Waals surface area (Å²) in [5.74, 6) is -0.124. The van der Waals surface area contributed by atoms with Crippen LogP contribution >= 0.6 is 11.6 Å². The summed E-state index contributed by atoms with van der Waals surface area (Å²) in [5, 5.41) is 12.1. The third kappa shape index (κ3) is 3.59. The Morgan fingerprint density at radius 2 is 2.11 bits per heavy atom. The van der Waals surface area contributed by atoms with Gasteiger partial charge in [0.2, 0.25) is 0 Å². The van der Waals surface area contributed by atoms with Gasteiger partial charge in [-0.2, -0.15) is 0 Å². The molecule has 1 aliphatic heterocycles. The van der Waals surface area contributed by atoms with Gasteiger partial charge in [-0.15, -0.1) is 0 Å². The van der Waals surface area contributed by atoms with E-state index in [1.54, 1.807) is 18.2 Å². The molecule has 19 heavy (non-hydrogen) atoms. The molecule has 1 heterocycles. The average Bonchev–Trinajstić information content (AvgIpc) is 2.41. The van der Waals surface area contributed by atoms with Gasteiger partial charge in [0, 0.05) is 11.6 Å². The lowest BCUT2D eigenvalue weighted by Crippen LogP contribution is -2.43. The second-order valence-corrected chi connectivity index (χ2v) is 5.26. The van der Waals surface area contributed by atoms with Crippen molar-refractivity contribution in [2.24, 2.45) is 0 Å². The first-order valence-corrected chi connectivity index (χ1v) is 6.67. The predicted molar refractivity (Wildman–Crippen MR) is 74.8 cm³/mol. The predicted octanol–water partition coefficient (Wildman–Crippen LogP) is 1.97. The lowest BCUT2D eigenvalue weighted by Gasteiger charge is -2.29. The van der Waals surface area contributed by atoms with Gasteiger partial charge in [0.1, 0.15) is 0 Å². The monoisotopic (exact) mass is 283 g/mol. The van der Waals surface area contributed by atoms with E-state index in [0.717, 1.165) is 25.9 Å². The smallest absolute Gasteiger partial charge is 0.251 e. The maximum absolute atomic E-state index is 12.1. The summed E-state index contributed by atoms with van der Waals surface area (Å²) >= 11 is 5.93. The van der Waals surface area contributed by atoms with Gasteiger partial charge in [0.15, 0.2) is 0 Å². The summed E-state index contributed by atoms with van der Waals surface area (Å²) in [5.41, 5.74) is 2.87. The third-order valence-electron chi connectivity index (χ3n) is 3.41. The fraction of sp³-hybridized carbons (Fsp3) is 0.462. The number of anilines is 1. The van der Waals surface area contributed by atoms with E-state index in [2.05, 4.69) is 17.3 Å². The first kappa shape index (κ1) is 14.1. The molecular weight excluding hydrogens is 266 g/mol. The number of rotatable bonds is 3. The molecule has 5 nitrogen and oxygen atoms in total. The standard InChI is InChI=1S/C13H18ClN3O2/c1-17-6-4-10(5-7-17)15-13(18)9-2-3-12(16-19)11(14)8-9/h2-3,8,10,16,19H,4-7H2,1H3,(H,15,18). The zero-order valence-electron chi connectivity index (χ0n) is 10.8. The summed E-state index contributed by atoms with van der Waals surface area (Å²) in [4.78, 5) is 14.3. The number of amides is 1. The Morgan fingerprint density at radius 1 is 1.42 bits per heavy atom. The minimum absolute atomic E-state index is 0.124. The Labute approximate surface area is 117 Å². The van der Waals surface area contributed by atoms with Crippen LogP contribution in [0.5, 0.6) is 0 Å². The van der Waals surface area contributed by atoms with Crippen LogP contribution in [-0.4, -0.2) is 42.2 Å². The van der Waals surface area contributed by atoms with Crippen LogP contribution in [0.1, 0.15) is 23.2 Å². The lowest BCUT2D eigenvalue weighted by atomic mass is 10.0. The first-order valence-electron chi connectivity index (χ1n) is 6.29. The van der Waals surface area contributed by atoms with Crippen LogP contribution in [0.3, 0.4) is 0 Å². The minimum atomic E-state index is -0.124. The Kier molecular flexibility index (Phi) is 4.63. The molecule has 2 rings (SSSR count). The van der Waals surface area contributed by atoms with Crippen molar-refractivity contribution < 1.29 is 10.0 Å². The fourth-order valence-electron chi connectivity index (χ4n) is 2.17. The molecule has 0 bridgehead atoms. The van der Waals surface area contributed by atoms with Gasteiger partial charge in [-0.25, -0.2) is 0 Å². The van der Waals surface area contributed by atoms with Gasteiger partial charge in [-0.3, -0.25) is 15.5 Å². The number of halogens is 1. The highest BCUT2D eigenvalue weighted by Crippen LogP contribution is 2.22. The number of piperidine rings is 1. The van der Waals surface area contributed by atoms with E-state index in [1.165, 1.54) is 0 Å². The largest absolute Gasteiger partial charge is 0.349 e. The Balaban J connectivity index is 1.98. The van der Waals surface area contributed by atoms with Crippen molar-refractivity contribution >= 4 is 23.2 Å². The summed E-state index contributed by atoms with van der Waals surface area (Å²) in [6, 6.07) is 4.98. The molecule has 0 atom stereocenters. The number of carbonyl (C=O) groups excluding carboxylic acids is 1. The summed E-state index contributed by atoms with van der Waals surface area (Å²) in [7, 11) is 2.08. The molecule has 1 fully saturated rings. The molecule has 0 aliphatic carbocycles. The molecule has 1 aliphatic rings. The Morgan fingerprint density at radius 3 is 2.68 bits per heavy atom. The number of carbonyl (C=O) groups is 1. The van der Waals surface area contributed by atoms with Gasteiger partial charge < -0.3 is 10.2 Å². The second-order valence-electron chi connectivity index (χ2n) is 4.86. The molecule has 6 heteroatoms. The van der Waals surface area contributed by atoms with Crippen LogP contribution in [0.25, 0.3) is 0 Å². The molecule has 0 spiro atoms. The molecule has 0 unspecified atom stereocenters. The van der Waals surface area contributed by atoms with E-state index in [9.17, 15) is 4.79 Å². The van der Waals surface area contributed by atoms with Gasteiger partial charge in [-0.1, -0.05) is 11.6 Å². The van der Waals surface area contributed by atoms with E-state index in [4.69, 9.17) is 16.8 Å². The molecule has 1 aromatic carbocycles. The fourth-order valence-corrected chi connectivity index (χ4v) is 2.39. The van der Waals surface area contributed by atoms with E-state index in [1.807, 2.05) is 5.48 Å². The SMILES string of the molecule is CN1CCC(NC(=O)c2ccc(NO)c(Cl)c2)CC1. The maximum Gasteiger partial charge on any atom is 0.251 e. The van der Waals surface area contributed by atoms with Crippen molar-refractivity contribution in [1.29, 1.82) is 0 Å². The zero-order valence-corrected chi connectivity index (χ0v) is 11.6. The van der Waals surface area contributed by atoms with Gasteiger partial charge in [-0.05, 0) is 51.2 Å². The van der Waals surface area contributed by atoms with E-state index < -0.39 is 0 Å². The van der Waals surface area contributed by atoms with Crippen molar-refractivity contribution in [2.45, 2.75) is 18.9 Å². The normalized spacial score (nSPS) is 17.2. The van der Waals surface area contributed by atoms with E-state index >= 15 is 0 Å². The topological polar surface area (TPSA) is 64.6 Å². The van der Waals surface area contributed by atoms with Crippen LogP contribution < -0.4 is 10.8 Å². The molecular formula is C13H18ClN3O2. The van der Waals surface area contributed by atoms with Crippen LogP contribution in [0, 0.1) is 0 Å². The molecule has 104 valence electrons. The number of likely N-dealkylation sites (tertiary alicyclic amines) is 1. The molecule has 1 amide bonds. The van der Waals surface area contributed by atoms with E-state index in [0.29, 0.717) is 16.3 Å². The molecule has 3 N–H and O–H groups in total. The number of nitrogens with one attached hydrogen (secondary N) is 2. The number of benzene rings is 1. The van der Waals surface area contributed by atoms with Crippen LogP contribution in [0.15, 0.2) is 18.2 Å². The minimum Gasteiger partial charge on any atom is -0.349 e. The highest BCUT2D eigenvalue weighted by Gasteiger charge is 2.19. The summed E-state index contributed by atoms with van der Waals surface area (Å²) in [6.07, 6.45) is 1.93. The third-order valence-corrected chi connectivity index (χ3v) is 3.72. The van der Waals surface area contributed by atoms with Crippen LogP contribution in [0.4, 0.5) is 5.69 Å². The van der Waals surface area contributed by atoms with Gasteiger partial charge >= 0.3 is 0 Å². The maximum atomic E-state index is 12.1. The Bertz CT molecular complexity index is 459. The average molecular weight is 284 g/mol.